The number of ether oxygens (including phenoxy) is 1. The van der Waals surface area contributed by atoms with E-state index in [1.165, 1.54) is 38.6 Å². The quantitative estimate of drug-likeness (QED) is 0.327. The molecule has 2 aliphatic heterocycles. The van der Waals surface area contributed by atoms with Crippen molar-refractivity contribution >= 4 is 23.4 Å². The Balaban J connectivity index is 1.07. The Bertz CT molecular complexity index is 1000. The molecule has 1 saturated heterocycles. The van der Waals surface area contributed by atoms with E-state index in [1.54, 1.807) is 12.1 Å². The van der Waals surface area contributed by atoms with Crippen molar-refractivity contribution < 1.29 is 24.2 Å². The zero-order valence-electron chi connectivity index (χ0n) is 21.8. The van der Waals surface area contributed by atoms with Gasteiger partial charge in [-0.1, -0.05) is 25.3 Å². The second kappa shape index (κ2) is 11.5. The van der Waals surface area contributed by atoms with Crippen molar-refractivity contribution in [1.29, 1.82) is 0 Å². The number of rotatable bonds is 10. The third kappa shape index (κ3) is 5.84. The number of benzene rings is 1. The molecule has 2 atom stereocenters. The van der Waals surface area contributed by atoms with Crippen molar-refractivity contribution in [3.05, 3.63) is 29.3 Å². The maximum atomic E-state index is 13.3. The molecule has 1 aromatic carbocycles. The van der Waals surface area contributed by atoms with Gasteiger partial charge in [0.2, 0.25) is 5.91 Å². The topological polar surface area (TPSA) is 111 Å². The monoisotopic (exact) mass is 512 g/mol. The standard InChI is InChI=1S/C28H40N4O5/c1-31(17-18-7-3-2-4-8-18)13-6-14-37-20-15-19(16-20)29-22-10-5-9-21-25(22)28(36)32(27(21)35)23-11-12-24(33)30-26(23)34/h5,9-10,18-20,23,26,29,34H,2-4,6-8,11-17H2,1H3,(H,30,33)/t19-,20-,23?,26?. The number of aliphatic hydroxyl groups is 1. The minimum Gasteiger partial charge on any atom is -0.381 e. The van der Waals surface area contributed by atoms with E-state index in [1.807, 2.05) is 6.07 Å². The lowest BCUT2D eigenvalue weighted by atomic mass is 9.88. The van der Waals surface area contributed by atoms with Crippen molar-refractivity contribution in [3.63, 3.8) is 0 Å². The number of amides is 3. The lowest BCUT2D eigenvalue weighted by molar-refractivity contribution is -0.129. The minimum atomic E-state index is -1.25. The fourth-order valence-electron chi connectivity index (χ4n) is 6.29. The number of aliphatic hydroxyl groups excluding tert-OH is 1. The van der Waals surface area contributed by atoms with Crippen LogP contribution in [0.1, 0.15) is 84.9 Å². The maximum absolute atomic E-state index is 13.3. The van der Waals surface area contributed by atoms with E-state index in [0.717, 1.165) is 43.2 Å². The van der Waals surface area contributed by atoms with Gasteiger partial charge in [-0.3, -0.25) is 19.3 Å². The molecule has 9 heteroatoms. The van der Waals surface area contributed by atoms with Crippen LogP contribution in [0.5, 0.6) is 0 Å². The molecular weight excluding hydrogens is 472 g/mol. The summed E-state index contributed by atoms with van der Waals surface area (Å²) in [5.41, 5.74) is 1.33. The summed E-state index contributed by atoms with van der Waals surface area (Å²) in [6.07, 6.45) is 9.05. The Hall–Kier alpha value is -2.49. The molecule has 0 aromatic heterocycles. The average Bonchev–Trinajstić information content (AvgIpc) is 3.11. The molecule has 0 radical (unpaired) electrons. The van der Waals surface area contributed by atoms with Crippen LogP contribution in [0.4, 0.5) is 5.69 Å². The molecule has 2 saturated carbocycles. The minimum absolute atomic E-state index is 0.167. The third-order valence-electron chi connectivity index (χ3n) is 8.41. The van der Waals surface area contributed by atoms with Crippen LogP contribution in [0.2, 0.25) is 0 Å². The molecule has 2 unspecified atom stereocenters. The van der Waals surface area contributed by atoms with Gasteiger partial charge in [0.15, 0.2) is 0 Å². The van der Waals surface area contributed by atoms with Crippen LogP contribution in [-0.4, -0.2) is 83.8 Å². The summed E-state index contributed by atoms with van der Waals surface area (Å²) in [6, 6.07) is 4.66. The Morgan fingerprint density at radius 2 is 1.89 bits per heavy atom. The van der Waals surface area contributed by atoms with Crippen molar-refractivity contribution in [2.75, 3.05) is 32.1 Å². The van der Waals surface area contributed by atoms with Gasteiger partial charge in [0.25, 0.3) is 11.8 Å². The number of piperidine rings is 1. The lowest BCUT2D eigenvalue weighted by Gasteiger charge is -2.37. The number of carbonyl (C=O) groups excluding carboxylic acids is 3. The van der Waals surface area contributed by atoms with E-state index in [0.29, 0.717) is 16.8 Å². The first kappa shape index (κ1) is 26.1. The maximum Gasteiger partial charge on any atom is 0.264 e. The zero-order chi connectivity index (χ0) is 25.9. The lowest BCUT2D eigenvalue weighted by Crippen LogP contribution is -2.57. The van der Waals surface area contributed by atoms with Gasteiger partial charge in [0, 0.05) is 37.8 Å². The van der Waals surface area contributed by atoms with Gasteiger partial charge < -0.3 is 25.4 Å². The van der Waals surface area contributed by atoms with E-state index < -0.39 is 24.1 Å². The first-order valence-corrected chi connectivity index (χ1v) is 14.0. The smallest absolute Gasteiger partial charge is 0.264 e. The molecule has 2 aliphatic carbocycles. The summed E-state index contributed by atoms with van der Waals surface area (Å²) in [5, 5.41) is 16.2. The summed E-state index contributed by atoms with van der Waals surface area (Å²) < 4.78 is 6.08. The van der Waals surface area contributed by atoms with E-state index in [4.69, 9.17) is 4.74 Å². The van der Waals surface area contributed by atoms with E-state index in [-0.39, 0.29) is 30.9 Å². The number of fused-ring (bicyclic) bond motifs is 1. The molecule has 4 aliphatic rings. The Morgan fingerprint density at radius 1 is 1.11 bits per heavy atom. The molecule has 202 valence electrons. The molecule has 0 spiro atoms. The Labute approximate surface area is 218 Å². The molecule has 2 heterocycles. The van der Waals surface area contributed by atoms with Crippen LogP contribution in [-0.2, 0) is 9.53 Å². The van der Waals surface area contributed by atoms with E-state index >= 15 is 0 Å². The van der Waals surface area contributed by atoms with Gasteiger partial charge in [0.05, 0.1) is 23.3 Å². The summed E-state index contributed by atoms with van der Waals surface area (Å²) in [6.45, 7) is 3.02. The first-order chi connectivity index (χ1) is 17.9. The molecule has 9 nitrogen and oxygen atoms in total. The fourth-order valence-corrected chi connectivity index (χ4v) is 6.29. The van der Waals surface area contributed by atoms with Crippen molar-refractivity contribution in [2.45, 2.75) is 88.6 Å². The fraction of sp³-hybridized carbons (Fsp3) is 0.679. The van der Waals surface area contributed by atoms with Crippen LogP contribution in [0.3, 0.4) is 0 Å². The SMILES string of the molecule is CN(CCCO[C@H]1C[C@H](Nc2cccc3c2C(=O)N(C2CCC(=O)NC2O)C3=O)C1)CC1CCCCC1. The predicted octanol–water partition coefficient (Wildman–Crippen LogP) is 2.74. The third-order valence-corrected chi connectivity index (χ3v) is 8.41. The van der Waals surface area contributed by atoms with Crippen molar-refractivity contribution in [3.8, 4) is 0 Å². The van der Waals surface area contributed by atoms with Gasteiger partial charge in [-0.2, -0.15) is 0 Å². The van der Waals surface area contributed by atoms with Crippen LogP contribution in [0.25, 0.3) is 0 Å². The van der Waals surface area contributed by atoms with Crippen LogP contribution in [0.15, 0.2) is 18.2 Å². The summed E-state index contributed by atoms with van der Waals surface area (Å²) in [5.74, 6) is -0.267. The van der Waals surface area contributed by atoms with Gasteiger partial charge in [-0.15, -0.1) is 0 Å². The molecule has 3 fully saturated rings. The van der Waals surface area contributed by atoms with E-state index in [9.17, 15) is 19.5 Å². The molecule has 0 bridgehead atoms. The van der Waals surface area contributed by atoms with Gasteiger partial charge in [-0.05, 0) is 63.6 Å². The molecular formula is C28H40N4O5. The Morgan fingerprint density at radius 3 is 2.65 bits per heavy atom. The highest BCUT2D eigenvalue weighted by Crippen LogP contribution is 2.35. The van der Waals surface area contributed by atoms with Crippen LogP contribution < -0.4 is 10.6 Å². The highest BCUT2D eigenvalue weighted by Gasteiger charge is 2.45. The number of nitrogens with zero attached hydrogens (tertiary/aromatic N) is 2. The zero-order valence-corrected chi connectivity index (χ0v) is 21.8. The number of carbonyl (C=O) groups is 3. The molecule has 3 amide bonds. The number of anilines is 1. The average molecular weight is 513 g/mol. The summed E-state index contributed by atoms with van der Waals surface area (Å²) in [4.78, 5) is 41.4. The number of imide groups is 1. The van der Waals surface area contributed by atoms with Crippen molar-refractivity contribution in [1.82, 2.24) is 15.1 Å². The molecule has 3 N–H and O–H groups in total. The second-order valence-electron chi connectivity index (χ2n) is 11.3. The molecule has 5 rings (SSSR count). The highest BCUT2D eigenvalue weighted by molar-refractivity contribution is 6.24. The number of hydrogen-bond acceptors (Lipinski definition) is 7. The van der Waals surface area contributed by atoms with Gasteiger partial charge in [0.1, 0.15) is 6.23 Å². The molecule has 37 heavy (non-hydrogen) atoms. The normalized spacial score (nSPS) is 28.3. The van der Waals surface area contributed by atoms with E-state index in [2.05, 4.69) is 22.6 Å². The van der Waals surface area contributed by atoms with Crippen LogP contribution in [0, 0.1) is 5.92 Å². The number of nitrogens with one attached hydrogen (secondary N) is 2. The first-order valence-electron chi connectivity index (χ1n) is 14.0. The van der Waals surface area contributed by atoms with Crippen LogP contribution >= 0.6 is 0 Å². The highest BCUT2D eigenvalue weighted by atomic mass is 16.5. The Kier molecular flexibility index (Phi) is 8.12. The summed E-state index contributed by atoms with van der Waals surface area (Å²) >= 11 is 0. The largest absolute Gasteiger partial charge is 0.381 e. The predicted molar refractivity (Wildman–Crippen MR) is 139 cm³/mol. The number of hydrogen-bond donors (Lipinski definition) is 3. The second-order valence-corrected chi connectivity index (χ2v) is 11.3. The van der Waals surface area contributed by atoms with Crippen molar-refractivity contribution in [2.24, 2.45) is 5.92 Å². The molecule has 1 aromatic rings. The van der Waals surface area contributed by atoms with Gasteiger partial charge in [-0.25, -0.2) is 0 Å². The summed E-state index contributed by atoms with van der Waals surface area (Å²) in [7, 11) is 2.22. The van der Waals surface area contributed by atoms with Gasteiger partial charge >= 0.3 is 0 Å².